The third-order valence-corrected chi connectivity index (χ3v) is 6.86. The first-order valence-electron chi connectivity index (χ1n) is 10.1. The van der Waals surface area contributed by atoms with Gasteiger partial charge in [0.25, 0.3) is 11.1 Å². The van der Waals surface area contributed by atoms with Crippen LogP contribution in [0.15, 0.2) is 65.6 Å². The number of thioether (sulfide) groups is 1. The van der Waals surface area contributed by atoms with Gasteiger partial charge in [-0.25, -0.2) is 4.79 Å². The number of esters is 1. The predicted molar refractivity (Wildman–Crippen MR) is 137 cm³/mol. The van der Waals surface area contributed by atoms with Crippen molar-refractivity contribution in [2.45, 2.75) is 6.54 Å². The van der Waals surface area contributed by atoms with Gasteiger partial charge >= 0.3 is 5.97 Å². The molecule has 0 atom stereocenters. The van der Waals surface area contributed by atoms with Crippen LogP contribution in [0.4, 0.5) is 4.79 Å². The Hall–Kier alpha value is -2.97. The number of carbonyl (C=O) groups is 3. The van der Waals surface area contributed by atoms with E-state index in [4.69, 9.17) is 44.3 Å². The number of ether oxygens (including phenoxy) is 2. The van der Waals surface area contributed by atoms with Crippen LogP contribution in [0.1, 0.15) is 21.5 Å². The van der Waals surface area contributed by atoms with Crippen molar-refractivity contribution in [1.29, 1.82) is 0 Å². The summed E-state index contributed by atoms with van der Waals surface area (Å²) in [4.78, 5) is 39.3. The summed E-state index contributed by atoms with van der Waals surface area (Å²) < 4.78 is 10.8. The smallest absolute Gasteiger partial charge is 0.343 e. The number of amides is 2. The molecule has 35 heavy (non-hydrogen) atoms. The van der Waals surface area contributed by atoms with Crippen LogP contribution in [0.2, 0.25) is 15.1 Å². The number of methoxy groups -OCH3 is 1. The molecule has 0 aliphatic carbocycles. The van der Waals surface area contributed by atoms with Crippen molar-refractivity contribution in [1.82, 2.24) is 4.90 Å². The maximum atomic E-state index is 12.9. The van der Waals surface area contributed by atoms with Gasteiger partial charge in [-0.2, -0.15) is 0 Å². The van der Waals surface area contributed by atoms with Crippen LogP contribution >= 0.6 is 46.6 Å². The van der Waals surface area contributed by atoms with Crippen molar-refractivity contribution < 1.29 is 23.9 Å². The monoisotopic (exact) mass is 547 g/mol. The van der Waals surface area contributed by atoms with Gasteiger partial charge in [0.05, 0.1) is 34.2 Å². The highest BCUT2D eigenvalue weighted by Crippen LogP contribution is 2.36. The highest BCUT2D eigenvalue weighted by Gasteiger charge is 2.35. The molecule has 0 spiro atoms. The number of imide groups is 1. The lowest BCUT2D eigenvalue weighted by Gasteiger charge is -2.13. The molecule has 4 rings (SSSR count). The quantitative estimate of drug-likeness (QED) is 0.186. The van der Waals surface area contributed by atoms with Crippen LogP contribution in [-0.2, 0) is 11.3 Å². The Balaban J connectivity index is 1.55. The Labute approximate surface area is 220 Å². The molecule has 1 fully saturated rings. The lowest BCUT2D eigenvalue weighted by molar-refractivity contribution is -0.123. The van der Waals surface area contributed by atoms with E-state index in [-0.39, 0.29) is 17.2 Å². The summed E-state index contributed by atoms with van der Waals surface area (Å²) in [7, 11) is 1.45. The molecule has 2 amide bonds. The molecular weight excluding hydrogens is 533 g/mol. The molecule has 0 unspecified atom stereocenters. The van der Waals surface area contributed by atoms with Gasteiger partial charge in [0.2, 0.25) is 0 Å². The van der Waals surface area contributed by atoms with Gasteiger partial charge in [-0.3, -0.25) is 14.5 Å². The minimum atomic E-state index is -0.598. The minimum Gasteiger partial charge on any atom is -0.493 e. The Morgan fingerprint density at radius 2 is 1.69 bits per heavy atom. The zero-order valence-corrected chi connectivity index (χ0v) is 21.2. The van der Waals surface area contributed by atoms with Gasteiger partial charge in [-0.1, -0.05) is 46.9 Å². The number of rotatable bonds is 6. The second kappa shape index (κ2) is 10.7. The Bertz CT molecular complexity index is 1360. The molecule has 3 aromatic rings. The van der Waals surface area contributed by atoms with Crippen molar-refractivity contribution in [3.63, 3.8) is 0 Å². The first kappa shape index (κ1) is 25.1. The highest BCUT2D eigenvalue weighted by molar-refractivity contribution is 8.18. The standard InChI is InChI=1S/C25H16Cl3NO5S/c1-33-20-9-3-14(11-21(20)34-24(31)16-4-6-17(26)7-5-16)12-22-23(30)29(25(32)35-22)13-15-2-8-18(27)19(28)10-15/h2-12H,13H2,1H3/b22-12-. The molecule has 0 radical (unpaired) electrons. The average molecular weight is 549 g/mol. The lowest BCUT2D eigenvalue weighted by atomic mass is 10.1. The van der Waals surface area contributed by atoms with Crippen LogP contribution in [-0.4, -0.2) is 29.1 Å². The van der Waals surface area contributed by atoms with E-state index < -0.39 is 17.1 Å². The fraction of sp³-hybridized carbons (Fsp3) is 0.0800. The zero-order valence-electron chi connectivity index (χ0n) is 18.1. The van der Waals surface area contributed by atoms with Gasteiger partial charge in [0.15, 0.2) is 11.5 Å². The molecule has 10 heteroatoms. The first-order chi connectivity index (χ1) is 16.7. The van der Waals surface area contributed by atoms with Crippen LogP contribution in [0.5, 0.6) is 11.5 Å². The average Bonchev–Trinajstić information content (AvgIpc) is 3.09. The van der Waals surface area contributed by atoms with E-state index in [0.717, 1.165) is 16.7 Å². The number of benzene rings is 3. The Kier molecular flexibility index (Phi) is 7.72. The zero-order chi connectivity index (χ0) is 25.1. The second-order valence-electron chi connectivity index (χ2n) is 7.32. The van der Waals surface area contributed by atoms with Gasteiger partial charge in [-0.15, -0.1) is 0 Å². The van der Waals surface area contributed by atoms with E-state index >= 15 is 0 Å². The van der Waals surface area contributed by atoms with Crippen molar-refractivity contribution in [3.05, 3.63) is 97.3 Å². The third-order valence-electron chi connectivity index (χ3n) is 4.97. The number of hydrogen-bond donors (Lipinski definition) is 0. The molecule has 0 N–H and O–H groups in total. The maximum absolute atomic E-state index is 12.9. The molecule has 3 aromatic carbocycles. The van der Waals surface area contributed by atoms with E-state index in [1.807, 2.05) is 0 Å². The molecule has 1 saturated heterocycles. The number of hydrogen-bond acceptors (Lipinski definition) is 6. The van der Waals surface area contributed by atoms with E-state index in [0.29, 0.717) is 37.5 Å². The van der Waals surface area contributed by atoms with Crippen molar-refractivity contribution in [3.8, 4) is 11.5 Å². The SMILES string of the molecule is COc1ccc(/C=C2\SC(=O)N(Cc3ccc(Cl)c(Cl)c3)C2=O)cc1OC(=O)c1ccc(Cl)cc1. The topological polar surface area (TPSA) is 72.9 Å². The number of nitrogens with zero attached hydrogens (tertiary/aromatic N) is 1. The van der Waals surface area contributed by atoms with Gasteiger partial charge < -0.3 is 9.47 Å². The Morgan fingerprint density at radius 3 is 2.37 bits per heavy atom. The van der Waals surface area contributed by atoms with E-state index in [1.54, 1.807) is 66.7 Å². The van der Waals surface area contributed by atoms with Crippen LogP contribution < -0.4 is 9.47 Å². The Morgan fingerprint density at radius 1 is 0.943 bits per heavy atom. The fourth-order valence-corrected chi connectivity index (χ4v) is 4.50. The molecule has 0 saturated carbocycles. The minimum absolute atomic E-state index is 0.0610. The summed E-state index contributed by atoms with van der Waals surface area (Å²) in [6.45, 7) is 0.0610. The molecule has 1 heterocycles. The summed E-state index contributed by atoms with van der Waals surface area (Å²) in [5.74, 6) is -0.547. The van der Waals surface area contributed by atoms with E-state index in [9.17, 15) is 14.4 Å². The third kappa shape index (κ3) is 5.82. The maximum Gasteiger partial charge on any atom is 0.343 e. The largest absolute Gasteiger partial charge is 0.493 e. The van der Waals surface area contributed by atoms with Crippen molar-refractivity contribution in [2.24, 2.45) is 0 Å². The summed E-state index contributed by atoms with van der Waals surface area (Å²) in [5.41, 5.74) is 1.53. The summed E-state index contributed by atoms with van der Waals surface area (Å²) >= 11 is 18.7. The molecule has 0 aromatic heterocycles. The van der Waals surface area contributed by atoms with E-state index in [2.05, 4.69) is 0 Å². The molecule has 1 aliphatic heterocycles. The van der Waals surface area contributed by atoms with Crippen LogP contribution in [0, 0.1) is 0 Å². The summed E-state index contributed by atoms with van der Waals surface area (Å²) in [6, 6.07) is 16.0. The second-order valence-corrected chi connectivity index (χ2v) is 9.57. The fourth-order valence-electron chi connectivity index (χ4n) is 3.22. The lowest BCUT2D eigenvalue weighted by Crippen LogP contribution is -2.27. The number of halogens is 3. The van der Waals surface area contributed by atoms with Gasteiger partial charge in [-0.05, 0) is 77.5 Å². The summed E-state index contributed by atoms with van der Waals surface area (Å²) in [5, 5.41) is 0.812. The summed E-state index contributed by atoms with van der Waals surface area (Å²) in [6.07, 6.45) is 1.55. The van der Waals surface area contributed by atoms with Gasteiger partial charge in [0.1, 0.15) is 0 Å². The van der Waals surface area contributed by atoms with Crippen LogP contribution in [0.25, 0.3) is 6.08 Å². The van der Waals surface area contributed by atoms with Crippen molar-refractivity contribution in [2.75, 3.05) is 7.11 Å². The van der Waals surface area contributed by atoms with Gasteiger partial charge in [0, 0.05) is 5.02 Å². The molecule has 1 aliphatic rings. The molecule has 6 nitrogen and oxygen atoms in total. The molecular formula is C25H16Cl3NO5S. The highest BCUT2D eigenvalue weighted by atomic mass is 35.5. The normalized spacial score (nSPS) is 14.5. The van der Waals surface area contributed by atoms with E-state index in [1.165, 1.54) is 7.11 Å². The number of carbonyl (C=O) groups excluding carboxylic acids is 3. The molecule has 0 bridgehead atoms. The predicted octanol–water partition coefficient (Wildman–Crippen LogP) is 7.11. The molecule has 178 valence electrons. The van der Waals surface area contributed by atoms with Crippen molar-refractivity contribution >= 4 is 69.8 Å². The van der Waals surface area contributed by atoms with Crippen LogP contribution in [0.3, 0.4) is 0 Å². The first-order valence-corrected chi connectivity index (χ1v) is 12.1.